The molecular weight excluding hydrogens is 351 g/mol. The highest BCUT2D eigenvalue weighted by molar-refractivity contribution is 6.36. The molecule has 0 radical (unpaired) electrons. The van der Waals surface area contributed by atoms with Crippen LogP contribution in [0, 0.1) is 5.82 Å². The maximum atomic E-state index is 13.3. The Balaban J connectivity index is 1.75. The van der Waals surface area contributed by atoms with Gasteiger partial charge in [-0.1, -0.05) is 12.1 Å². The van der Waals surface area contributed by atoms with Crippen LogP contribution in [0.15, 0.2) is 48.2 Å². The summed E-state index contributed by atoms with van der Waals surface area (Å²) in [6, 6.07) is 10.7. The molecule has 0 atom stereocenters. The Labute approximate surface area is 155 Å². The molecule has 0 bridgehead atoms. The second-order valence-electron chi connectivity index (χ2n) is 6.09. The third-order valence-corrected chi connectivity index (χ3v) is 4.43. The molecule has 7 heteroatoms. The van der Waals surface area contributed by atoms with Crippen LogP contribution in [-0.2, 0) is 9.59 Å². The molecule has 4 rings (SSSR count). The predicted octanol–water partition coefficient (Wildman–Crippen LogP) is 2.81. The van der Waals surface area contributed by atoms with Crippen molar-refractivity contribution in [2.75, 3.05) is 25.1 Å². The molecule has 0 aromatic heterocycles. The zero-order valence-corrected chi connectivity index (χ0v) is 14.6. The highest BCUT2D eigenvalue weighted by atomic mass is 19.1. The van der Waals surface area contributed by atoms with Crippen LogP contribution in [0.5, 0.6) is 11.5 Å². The number of nitrogens with one attached hydrogen (secondary N) is 1. The predicted molar refractivity (Wildman–Crippen MR) is 96.8 cm³/mol. The van der Waals surface area contributed by atoms with Gasteiger partial charge in [-0.05, 0) is 36.8 Å². The fraction of sp³-hybridized carbons (Fsp3) is 0.200. The van der Waals surface area contributed by atoms with Crippen molar-refractivity contribution in [1.29, 1.82) is 0 Å². The van der Waals surface area contributed by atoms with E-state index in [1.807, 2.05) is 0 Å². The molecule has 2 heterocycles. The van der Waals surface area contributed by atoms with Crippen molar-refractivity contribution < 1.29 is 23.5 Å². The van der Waals surface area contributed by atoms with Crippen LogP contribution in [0.4, 0.5) is 10.1 Å². The molecule has 2 aromatic carbocycles. The lowest BCUT2D eigenvalue weighted by Gasteiger charge is -2.19. The number of halogens is 1. The molecule has 2 aromatic rings. The van der Waals surface area contributed by atoms with Gasteiger partial charge >= 0.3 is 0 Å². The number of carbonyl (C=O) groups excluding carboxylic acids is 2. The van der Waals surface area contributed by atoms with Gasteiger partial charge in [0.1, 0.15) is 24.7 Å². The van der Waals surface area contributed by atoms with E-state index in [2.05, 4.69) is 5.32 Å². The molecule has 0 unspecified atom stereocenters. The van der Waals surface area contributed by atoms with Gasteiger partial charge in [-0.3, -0.25) is 14.5 Å². The molecule has 27 heavy (non-hydrogen) atoms. The summed E-state index contributed by atoms with van der Waals surface area (Å²) >= 11 is 0. The van der Waals surface area contributed by atoms with Gasteiger partial charge in [0.15, 0.2) is 11.5 Å². The first-order valence-electron chi connectivity index (χ1n) is 8.61. The zero-order chi connectivity index (χ0) is 19.0. The van der Waals surface area contributed by atoms with Crippen LogP contribution >= 0.6 is 0 Å². The lowest BCUT2D eigenvalue weighted by Crippen LogP contribution is -2.32. The number of amides is 2. The standard InChI is InChI=1S/C20H17FN2O4/c1-2-23-19(24)17(12-3-5-13(21)6-4-12)18(20(23)25)22-14-7-8-15-16(11-14)27-10-9-26-15/h3-8,11,22H,2,9-10H2,1H3. The number of fused-ring (bicyclic) bond motifs is 1. The summed E-state index contributed by atoms with van der Waals surface area (Å²) in [4.78, 5) is 26.6. The SMILES string of the molecule is CCN1C(=O)C(Nc2ccc3c(c2)OCCO3)=C(c2ccc(F)cc2)C1=O. The number of hydrogen-bond donors (Lipinski definition) is 1. The molecule has 2 aliphatic rings. The van der Waals surface area contributed by atoms with Crippen molar-refractivity contribution in [2.24, 2.45) is 0 Å². The van der Waals surface area contributed by atoms with Gasteiger partial charge in [-0.2, -0.15) is 0 Å². The Morgan fingerprint density at radius 2 is 1.70 bits per heavy atom. The quantitative estimate of drug-likeness (QED) is 0.841. The number of carbonyl (C=O) groups is 2. The van der Waals surface area contributed by atoms with Gasteiger partial charge in [-0.15, -0.1) is 0 Å². The van der Waals surface area contributed by atoms with Crippen LogP contribution < -0.4 is 14.8 Å². The van der Waals surface area contributed by atoms with Crippen molar-refractivity contribution in [1.82, 2.24) is 4.90 Å². The zero-order valence-electron chi connectivity index (χ0n) is 14.6. The first kappa shape index (κ1) is 17.1. The van der Waals surface area contributed by atoms with E-state index in [-0.39, 0.29) is 17.8 Å². The molecule has 0 aliphatic carbocycles. The van der Waals surface area contributed by atoms with E-state index in [4.69, 9.17) is 9.47 Å². The van der Waals surface area contributed by atoms with E-state index in [1.165, 1.54) is 24.3 Å². The minimum Gasteiger partial charge on any atom is -0.486 e. The number of nitrogens with zero attached hydrogens (tertiary/aromatic N) is 1. The number of anilines is 1. The molecule has 1 N–H and O–H groups in total. The summed E-state index contributed by atoms with van der Waals surface area (Å²) in [5, 5.41) is 3.04. The Morgan fingerprint density at radius 1 is 1.00 bits per heavy atom. The van der Waals surface area contributed by atoms with Crippen LogP contribution in [-0.4, -0.2) is 36.5 Å². The van der Waals surface area contributed by atoms with Crippen molar-refractivity contribution in [2.45, 2.75) is 6.92 Å². The Hall–Kier alpha value is -3.35. The van der Waals surface area contributed by atoms with Gasteiger partial charge in [0.05, 0.1) is 5.57 Å². The monoisotopic (exact) mass is 368 g/mol. The third-order valence-electron chi connectivity index (χ3n) is 4.43. The van der Waals surface area contributed by atoms with Gasteiger partial charge in [0, 0.05) is 18.3 Å². The van der Waals surface area contributed by atoms with E-state index in [1.54, 1.807) is 25.1 Å². The minimum atomic E-state index is -0.420. The highest BCUT2D eigenvalue weighted by Crippen LogP contribution is 2.35. The summed E-state index contributed by atoms with van der Waals surface area (Å²) in [7, 11) is 0. The summed E-state index contributed by atoms with van der Waals surface area (Å²) in [5.41, 5.74) is 1.44. The van der Waals surface area contributed by atoms with Crippen molar-refractivity contribution in [3.05, 3.63) is 59.5 Å². The van der Waals surface area contributed by atoms with Crippen molar-refractivity contribution in [3.8, 4) is 11.5 Å². The summed E-state index contributed by atoms with van der Waals surface area (Å²) in [5.74, 6) is -0.0430. The second-order valence-corrected chi connectivity index (χ2v) is 6.09. The number of imide groups is 1. The number of ether oxygens (including phenoxy) is 2. The first-order chi connectivity index (χ1) is 13.1. The van der Waals surface area contributed by atoms with Crippen LogP contribution in [0.1, 0.15) is 12.5 Å². The Kier molecular flexibility index (Phi) is 4.27. The topological polar surface area (TPSA) is 67.9 Å². The lowest BCUT2D eigenvalue weighted by atomic mass is 10.0. The van der Waals surface area contributed by atoms with E-state index in [0.717, 1.165) is 4.90 Å². The van der Waals surface area contributed by atoms with E-state index < -0.39 is 17.6 Å². The molecule has 0 saturated heterocycles. The number of likely N-dealkylation sites (N-methyl/N-ethyl adjacent to an activating group) is 1. The molecular formula is C20H17FN2O4. The van der Waals surface area contributed by atoms with Crippen LogP contribution in [0.3, 0.4) is 0 Å². The van der Waals surface area contributed by atoms with Crippen molar-refractivity contribution in [3.63, 3.8) is 0 Å². The average molecular weight is 368 g/mol. The van der Waals surface area contributed by atoms with Gasteiger partial charge < -0.3 is 14.8 Å². The second kappa shape index (κ2) is 6.75. The molecule has 0 spiro atoms. The smallest absolute Gasteiger partial charge is 0.278 e. The fourth-order valence-corrected chi connectivity index (χ4v) is 3.13. The maximum absolute atomic E-state index is 13.3. The maximum Gasteiger partial charge on any atom is 0.278 e. The highest BCUT2D eigenvalue weighted by Gasteiger charge is 2.38. The average Bonchev–Trinajstić information content (AvgIpc) is 2.92. The Morgan fingerprint density at radius 3 is 2.41 bits per heavy atom. The Bertz CT molecular complexity index is 953. The molecule has 0 fully saturated rings. The number of benzene rings is 2. The fourth-order valence-electron chi connectivity index (χ4n) is 3.13. The third kappa shape index (κ3) is 3.01. The molecule has 0 saturated carbocycles. The number of hydrogen-bond acceptors (Lipinski definition) is 5. The van der Waals surface area contributed by atoms with E-state index in [0.29, 0.717) is 36.0 Å². The molecule has 2 amide bonds. The van der Waals surface area contributed by atoms with Crippen LogP contribution in [0.25, 0.3) is 5.57 Å². The summed E-state index contributed by atoms with van der Waals surface area (Å²) in [6.07, 6.45) is 0. The van der Waals surface area contributed by atoms with Gasteiger partial charge in [0.25, 0.3) is 11.8 Å². The van der Waals surface area contributed by atoms with E-state index >= 15 is 0 Å². The first-order valence-corrected chi connectivity index (χ1v) is 8.61. The van der Waals surface area contributed by atoms with Gasteiger partial charge in [-0.25, -0.2) is 4.39 Å². The lowest BCUT2D eigenvalue weighted by molar-refractivity contribution is -0.136. The number of rotatable bonds is 4. The van der Waals surface area contributed by atoms with Crippen molar-refractivity contribution >= 4 is 23.1 Å². The summed E-state index contributed by atoms with van der Waals surface area (Å²) in [6.45, 7) is 2.90. The summed E-state index contributed by atoms with van der Waals surface area (Å²) < 4.78 is 24.3. The van der Waals surface area contributed by atoms with Crippen LogP contribution in [0.2, 0.25) is 0 Å². The minimum absolute atomic E-state index is 0.158. The molecule has 138 valence electrons. The molecule has 2 aliphatic heterocycles. The largest absolute Gasteiger partial charge is 0.486 e. The molecule has 6 nitrogen and oxygen atoms in total. The normalized spacial score (nSPS) is 16.1. The van der Waals surface area contributed by atoms with Gasteiger partial charge in [0.2, 0.25) is 0 Å². The van der Waals surface area contributed by atoms with E-state index in [9.17, 15) is 14.0 Å².